The third-order valence-electron chi connectivity index (χ3n) is 3.91. The maximum atomic E-state index is 12.6. The van der Waals surface area contributed by atoms with Gasteiger partial charge in [0, 0.05) is 11.1 Å². The molecule has 4 rings (SSSR count). The van der Waals surface area contributed by atoms with Gasteiger partial charge >= 0.3 is 5.69 Å². The highest BCUT2D eigenvalue weighted by Gasteiger charge is 2.16. The second-order valence-electron chi connectivity index (χ2n) is 5.83. The molecule has 8 nitrogen and oxygen atoms in total. The zero-order valence-electron chi connectivity index (χ0n) is 13.5. The molecule has 0 spiro atoms. The molecule has 26 heavy (non-hydrogen) atoms. The molecule has 4 aromatic rings. The van der Waals surface area contributed by atoms with Gasteiger partial charge in [-0.25, -0.2) is 13.2 Å². The van der Waals surface area contributed by atoms with Gasteiger partial charge in [-0.15, -0.1) is 0 Å². The molecule has 2 heterocycles. The summed E-state index contributed by atoms with van der Waals surface area (Å²) in [6.07, 6.45) is 0. The number of sulfonamides is 1. The number of benzene rings is 2. The molecule has 2 aromatic carbocycles. The second-order valence-corrected chi connectivity index (χ2v) is 7.51. The average Bonchev–Trinajstić information content (AvgIpc) is 2.93. The summed E-state index contributed by atoms with van der Waals surface area (Å²) in [5.74, 6) is 0.725. The van der Waals surface area contributed by atoms with Crippen molar-refractivity contribution in [1.29, 1.82) is 0 Å². The molecular formula is C17H13N3O5S. The summed E-state index contributed by atoms with van der Waals surface area (Å²) in [6, 6.07) is 10.6. The number of furan rings is 1. The Kier molecular flexibility index (Phi) is 3.48. The van der Waals surface area contributed by atoms with Gasteiger partial charge in [-0.1, -0.05) is 0 Å². The summed E-state index contributed by atoms with van der Waals surface area (Å²) >= 11 is 0. The minimum absolute atomic E-state index is 0.0772. The van der Waals surface area contributed by atoms with Crippen LogP contribution in [-0.4, -0.2) is 18.4 Å². The van der Waals surface area contributed by atoms with Crippen molar-refractivity contribution >= 4 is 37.6 Å². The number of aromatic nitrogens is 2. The van der Waals surface area contributed by atoms with Gasteiger partial charge in [-0.05, 0) is 49.4 Å². The minimum atomic E-state index is -3.92. The standard InChI is InChI=1S/C17H13N3O5S/c1-9-6-10-7-11(2-5-15(10)25-9)20-26(23,24)12-3-4-14-13(8-12)16(21)19-17(22)18-14/h2-8,20H,1H3,(H2,18,19,21,22). The number of H-pyrrole nitrogens is 2. The molecule has 0 atom stereocenters. The van der Waals surface area contributed by atoms with Crippen LogP contribution in [0.15, 0.2) is 61.4 Å². The number of rotatable bonds is 3. The summed E-state index contributed by atoms with van der Waals surface area (Å²) in [7, 11) is -3.92. The number of aryl methyl sites for hydroxylation is 1. The van der Waals surface area contributed by atoms with Gasteiger partial charge in [-0.3, -0.25) is 14.5 Å². The van der Waals surface area contributed by atoms with E-state index in [0.29, 0.717) is 11.3 Å². The Labute approximate surface area is 146 Å². The zero-order chi connectivity index (χ0) is 18.5. The molecule has 0 fully saturated rings. The largest absolute Gasteiger partial charge is 0.461 e. The minimum Gasteiger partial charge on any atom is -0.461 e. The predicted molar refractivity (Wildman–Crippen MR) is 96.9 cm³/mol. The first-order chi connectivity index (χ1) is 12.3. The smallest absolute Gasteiger partial charge is 0.326 e. The van der Waals surface area contributed by atoms with Crippen molar-refractivity contribution in [3.05, 3.63) is 69.1 Å². The summed E-state index contributed by atoms with van der Waals surface area (Å²) in [5.41, 5.74) is -0.0237. The molecule has 9 heteroatoms. The van der Waals surface area contributed by atoms with Crippen LogP contribution in [0.2, 0.25) is 0 Å². The van der Waals surface area contributed by atoms with E-state index in [1.165, 1.54) is 18.2 Å². The summed E-state index contributed by atoms with van der Waals surface area (Å²) < 4.78 is 33.2. The molecule has 0 radical (unpaired) electrons. The van der Waals surface area contributed by atoms with Crippen LogP contribution in [-0.2, 0) is 10.0 Å². The van der Waals surface area contributed by atoms with Crippen molar-refractivity contribution in [3.8, 4) is 0 Å². The Morgan fingerprint density at radius 3 is 2.62 bits per heavy atom. The third kappa shape index (κ3) is 2.78. The fourth-order valence-corrected chi connectivity index (χ4v) is 3.84. The number of hydrogen-bond acceptors (Lipinski definition) is 5. The first-order valence-electron chi connectivity index (χ1n) is 7.61. The topological polar surface area (TPSA) is 125 Å². The van der Waals surface area contributed by atoms with Gasteiger partial charge in [0.25, 0.3) is 15.6 Å². The van der Waals surface area contributed by atoms with Crippen molar-refractivity contribution in [3.63, 3.8) is 0 Å². The highest BCUT2D eigenvalue weighted by Crippen LogP contribution is 2.25. The number of aromatic amines is 2. The summed E-state index contributed by atoms with van der Waals surface area (Å²) in [5, 5.41) is 0.851. The molecule has 0 saturated heterocycles. The Morgan fingerprint density at radius 2 is 1.81 bits per heavy atom. The lowest BCUT2D eigenvalue weighted by Gasteiger charge is -2.08. The molecular weight excluding hydrogens is 358 g/mol. The molecule has 0 aliphatic rings. The number of anilines is 1. The third-order valence-corrected chi connectivity index (χ3v) is 5.29. The van der Waals surface area contributed by atoms with E-state index in [1.807, 2.05) is 0 Å². The molecule has 0 aliphatic carbocycles. The van der Waals surface area contributed by atoms with Gasteiger partial charge < -0.3 is 9.40 Å². The van der Waals surface area contributed by atoms with Crippen molar-refractivity contribution in [1.82, 2.24) is 9.97 Å². The highest BCUT2D eigenvalue weighted by molar-refractivity contribution is 7.92. The van der Waals surface area contributed by atoms with Gasteiger partial charge in [-0.2, -0.15) is 0 Å². The molecule has 0 unspecified atom stereocenters. The number of hydrogen-bond donors (Lipinski definition) is 3. The fourth-order valence-electron chi connectivity index (χ4n) is 2.77. The maximum Gasteiger partial charge on any atom is 0.326 e. The Hall–Kier alpha value is -3.33. The van der Waals surface area contributed by atoms with Crippen molar-refractivity contribution in [2.75, 3.05) is 4.72 Å². The average molecular weight is 371 g/mol. The lowest BCUT2D eigenvalue weighted by Crippen LogP contribution is -2.22. The summed E-state index contributed by atoms with van der Waals surface area (Å²) in [4.78, 5) is 27.6. The van der Waals surface area contributed by atoms with E-state index in [9.17, 15) is 18.0 Å². The van der Waals surface area contributed by atoms with Crippen LogP contribution in [0.25, 0.3) is 21.9 Å². The van der Waals surface area contributed by atoms with Gasteiger partial charge in [0.1, 0.15) is 11.3 Å². The molecule has 0 aliphatic heterocycles. The molecule has 3 N–H and O–H groups in total. The lowest BCUT2D eigenvalue weighted by molar-refractivity contribution is 0.578. The highest BCUT2D eigenvalue weighted by atomic mass is 32.2. The Morgan fingerprint density at radius 1 is 1.00 bits per heavy atom. The maximum absolute atomic E-state index is 12.6. The Balaban J connectivity index is 1.76. The first kappa shape index (κ1) is 16.2. The van der Waals surface area contributed by atoms with Crippen molar-refractivity contribution in [2.45, 2.75) is 11.8 Å². The first-order valence-corrected chi connectivity index (χ1v) is 9.09. The van der Waals surface area contributed by atoms with Gasteiger partial charge in [0.2, 0.25) is 0 Å². The van der Waals surface area contributed by atoms with Crippen LogP contribution in [0.5, 0.6) is 0 Å². The van der Waals surface area contributed by atoms with E-state index >= 15 is 0 Å². The van der Waals surface area contributed by atoms with Gasteiger partial charge in [0.15, 0.2) is 0 Å². The fraction of sp³-hybridized carbons (Fsp3) is 0.0588. The van der Waals surface area contributed by atoms with Crippen LogP contribution in [0.4, 0.5) is 5.69 Å². The van der Waals surface area contributed by atoms with E-state index in [2.05, 4.69) is 14.7 Å². The van der Waals surface area contributed by atoms with Crippen LogP contribution >= 0.6 is 0 Å². The Bertz CT molecular complexity index is 1380. The van der Waals surface area contributed by atoms with Crippen molar-refractivity contribution in [2.24, 2.45) is 0 Å². The van der Waals surface area contributed by atoms with Crippen molar-refractivity contribution < 1.29 is 12.8 Å². The monoisotopic (exact) mass is 371 g/mol. The predicted octanol–water partition coefficient (Wildman–Crippen LogP) is 2.07. The van der Waals surface area contributed by atoms with E-state index in [-0.39, 0.29) is 15.8 Å². The number of nitrogens with one attached hydrogen (secondary N) is 3. The molecule has 0 saturated carbocycles. The van der Waals surface area contributed by atoms with Crippen LogP contribution < -0.4 is 16.0 Å². The zero-order valence-corrected chi connectivity index (χ0v) is 14.3. The molecule has 0 bridgehead atoms. The lowest BCUT2D eigenvalue weighted by atomic mass is 10.2. The van der Waals surface area contributed by atoms with Crippen LogP contribution in [0, 0.1) is 6.92 Å². The quantitative estimate of drug-likeness (QED) is 0.508. The molecule has 132 valence electrons. The van der Waals surface area contributed by atoms with Crippen LogP contribution in [0.3, 0.4) is 0 Å². The van der Waals surface area contributed by atoms with E-state index in [0.717, 1.165) is 11.1 Å². The summed E-state index contributed by atoms with van der Waals surface area (Å²) in [6.45, 7) is 1.81. The molecule has 0 amide bonds. The van der Waals surface area contributed by atoms with E-state index in [4.69, 9.17) is 4.42 Å². The molecule has 2 aromatic heterocycles. The van der Waals surface area contributed by atoms with Gasteiger partial charge in [0.05, 0.1) is 15.8 Å². The second kappa shape index (κ2) is 5.60. The van der Waals surface area contributed by atoms with E-state index < -0.39 is 21.3 Å². The normalized spacial score (nSPS) is 11.9. The number of fused-ring (bicyclic) bond motifs is 2. The SMILES string of the molecule is Cc1cc2cc(NS(=O)(=O)c3ccc4[nH]c(=O)[nH]c(=O)c4c3)ccc2o1. The van der Waals surface area contributed by atoms with E-state index in [1.54, 1.807) is 31.2 Å². The van der Waals surface area contributed by atoms with Crippen LogP contribution in [0.1, 0.15) is 5.76 Å².